The number of fused-ring (bicyclic) bond motifs is 1. The van der Waals surface area contributed by atoms with E-state index in [1.165, 1.54) is 6.07 Å². The van der Waals surface area contributed by atoms with E-state index in [4.69, 9.17) is 18.6 Å². The number of rotatable bonds is 8. The fourth-order valence-electron chi connectivity index (χ4n) is 3.57. The van der Waals surface area contributed by atoms with E-state index in [2.05, 4.69) is 4.90 Å². The minimum Gasteiger partial charge on any atom is -0.497 e. The highest BCUT2D eigenvalue weighted by Crippen LogP contribution is 2.26. The SMILES string of the molecule is COc1ccc(-c2cc(=O)c3ccc(OCCCCN4CCOCC4)cc3o2)cc1. The molecule has 1 saturated heterocycles. The van der Waals surface area contributed by atoms with Crippen molar-refractivity contribution >= 4 is 11.0 Å². The van der Waals surface area contributed by atoms with Gasteiger partial charge >= 0.3 is 0 Å². The van der Waals surface area contributed by atoms with Crippen LogP contribution in [0, 0.1) is 0 Å². The van der Waals surface area contributed by atoms with Gasteiger partial charge in [0, 0.05) is 30.8 Å². The van der Waals surface area contributed by atoms with Crippen molar-refractivity contribution in [3.8, 4) is 22.8 Å². The third-order valence-electron chi connectivity index (χ3n) is 5.32. The van der Waals surface area contributed by atoms with Gasteiger partial charge in [-0.05, 0) is 55.8 Å². The Hall–Kier alpha value is -2.83. The Morgan fingerprint density at radius 3 is 2.50 bits per heavy atom. The molecule has 0 aliphatic carbocycles. The molecule has 0 atom stereocenters. The molecule has 0 radical (unpaired) electrons. The fraction of sp³-hybridized carbons (Fsp3) is 0.375. The molecule has 2 heterocycles. The summed E-state index contributed by atoms with van der Waals surface area (Å²) < 4.78 is 22.5. The van der Waals surface area contributed by atoms with Crippen LogP contribution in [0.25, 0.3) is 22.3 Å². The van der Waals surface area contributed by atoms with Gasteiger partial charge in [0.15, 0.2) is 5.43 Å². The molecule has 0 unspecified atom stereocenters. The summed E-state index contributed by atoms with van der Waals surface area (Å²) in [6.45, 7) is 5.40. The van der Waals surface area contributed by atoms with Crippen LogP contribution in [0.1, 0.15) is 12.8 Å². The molecule has 30 heavy (non-hydrogen) atoms. The first kappa shape index (κ1) is 20.4. The maximum absolute atomic E-state index is 12.5. The summed E-state index contributed by atoms with van der Waals surface area (Å²) in [6.07, 6.45) is 2.06. The summed E-state index contributed by atoms with van der Waals surface area (Å²) >= 11 is 0. The van der Waals surface area contributed by atoms with Crippen molar-refractivity contribution in [3.05, 3.63) is 58.8 Å². The molecule has 1 aliphatic rings. The van der Waals surface area contributed by atoms with Gasteiger partial charge in [0.05, 0.1) is 32.3 Å². The number of nitrogens with zero attached hydrogens (tertiary/aromatic N) is 1. The molecule has 0 saturated carbocycles. The van der Waals surface area contributed by atoms with E-state index in [0.717, 1.165) is 57.0 Å². The normalized spacial score (nSPS) is 14.7. The van der Waals surface area contributed by atoms with Gasteiger partial charge in [0.1, 0.15) is 22.8 Å². The van der Waals surface area contributed by atoms with Crippen LogP contribution in [-0.2, 0) is 4.74 Å². The van der Waals surface area contributed by atoms with Crippen LogP contribution in [0.4, 0.5) is 0 Å². The molecule has 2 aromatic carbocycles. The summed E-state index contributed by atoms with van der Waals surface area (Å²) in [5.41, 5.74) is 1.28. The van der Waals surface area contributed by atoms with E-state index < -0.39 is 0 Å². The van der Waals surface area contributed by atoms with Crippen LogP contribution < -0.4 is 14.9 Å². The first-order valence-corrected chi connectivity index (χ1v) is 10.4. The van der Waals surface area contributed by atoms with Crippen molar-refractivity contribution in [2.24, 2.45) is 0 Å². The monoisotopic (exact) mass is 409 g/mol. The van der Waals surface area contributed by atoms with Gasteiger partial charge in [-0.3, -0.25) is 9.69 Å². The zero-order chi connectivity index (χ0) is 20.8. The molecule has 1 fully saturated rings. The summed E-state index contributed by atoms with van der Waals surface area (Å²) in [7, 11) is 1.62. The van der Waals surface area contributed by atoms with Gasteiger partial charge in [0.25, 0.3) is 0 Å². The van der Waals surface area contributed by atoms with Crippen LogP contribution in [0.5, 0.6) is 11.5 Å². The average molecular weight is 409 g/mol. The lowest BCUT2D eigenvalue weighted by Gasteiger charge is -2.26. The van der Waals surface area contributed by atoms with E-state index in [-0.39, 0.29) is 5.43 Å². The van der Waals surface area contributed by atoms with Crippen LogP contribution in [0.15, 0.2) is 57.7 Å². The highest BCUT2D eigenvalue weighted by molar-refractivity contribution is 5.80. The Labute approximate surface area is 176 Å². The Morgan fingerprint density at radius 1 is 0.967 bits per heavy atom. The summed E-state index contributed by atoms with van der Waals surface area (Å²) in [6, 6.07) is 14.3. The quantitative estimate of drug-likeness (QED) is 0.525. The molecular formula is C24H27NO5. The molecule has 3 aromatic rings. The van der Waals surface area contributed by atoms with E-state index in [0.29, 0.717) is 29.1 Å². The molecule has 6 nitrogen and oxygen atoms in total. The van der Waals surface area contributed by atoms with Crippen molar-refractivity contribution < 1.29 is 18.6 Å². The van der Waals surface area contributed by atoms with E-state index in [1.54, 1.807) is 19.2 Å². The first-order chi connectivity index (χ1) is 14.7. The van der Waals surface area contributed by atoms with Crippen molar-refractivity contribution in [2.75, 3.05) is 46.6 Å². The molecule has 158 valence electrons. The second-order valence-electron chi connectivity index (χ2n) is 7.37. The van der Waals surface area contributed by atoms with Crippen molar-refractivity contribution in [1.29, 1.82) is 0 Å². The average Bonchev–Trinajstić information content (AvgIpc) is 2.79. The molecule has 0 N–H and O–H groups in total. The number of ether oxygens (including phenoxy) is 3. The molecule has 6 heteroatoms. The highest BCUT2D eigenvalue weighted by atomic mass is 16.5. The number of hydrogen-bond donors (Lipinski definition) is 0. The van der Waals surface area contributed by atoms with Gasteiger partial charge in [-0.1, -0.05) is 0 Å². The van der Waals surface area contributed by atoms with Crippen LogP contribution >= 0.6 is 0 Å². The van der Waals surface area contributed by atoms with Crippen molar-refractivity contribution in [1.82, 2.24) is 4.90 Å². The Kier molecular flexibility index (Phi) is 6.67. The van der Waals surface area contributed by atoms with Gasteiger partial charge < -0.3 is 18.6 Å². The maximum atomic E-state index is 12.5. The van der Waals surface area contributed by atoms with Crippen LogP contribution in [-0.4, -0.2) is 51.5 Å². The molecular weight excluding hydrogens is 382 g/mol. The zero-order valence-corrected chi connectivity index (χ0v) is 17.3. The number of hydrogen-bond acceptors (Lipinski definition) is 6. The Morgan fingerprint density at radius 2 is 1.73 bits per heavy atom. The maximum Gasteiger partial charge on any atom is 0.193 e. The Bertz CT molecular complexity index is 1020. The minimum atomic E-state index is -0.0703. The molecule has 4 rings (SSSR count). The van der Waals surface area contributed by atoms with Crippen molar-refractivity contribution in [2.45, 2.75) is 12.8 Å². The fourth-order valence-corrected chi connectivity index (χ4v) is 3.57. The standard InChI is InChI=1S/C24H27NO5/c1-27-19-6-4-18(5-7-19)23-17-22(26)21-9-8-20(16-24(21)30-23)29-13-3-2-10-25-11-14-28-15-12-25/h4-9,16-17H,2-3,10-15H2,1H3. The summed E-state index contributed by atoms with van der Waals surface area (Å²) in [5, 5.41) is 0.548. The lowest BCUT2D eigenvalue weighted by atomic mass is 10.1. The second-order valence-corrected chi connectivity index (χ2v) is 7.37. The number of methoxy groups -OCH3 is 1. The first-order valence-electron chi connectivity index (χ1n) is 10.4. The van der Waals surface area contributed by atoms with Crippen molar-refractivity contribution in [3.63, 3.8) is 0 Å². The predicted molar refractivity (Wildman–Crippen MR) is 116 cm³/mol. The van der Waals surface area contributed by atoms with Gasteiger partial charge in [-0.25, -0.2) is 0 Å². The molecule has 0 amide bonds. The topological polar surface area (TPSA) is 61.1 Å². The summed E-state index contributed by atoms with van der Waals surface area (Å²) in [4.78, 5) is 14.9. The predicted octanol–water partition coefficient (Wildman–Crippen LogP) is 3.96. The van der Waals surface area contributed by atoms with Gasteiger partial charge in [-0.15, -0.1) is 0 Å². The third kappa shape index (κ3) is 5.01. The summed E-state index contributed by atoms with van der Waals surface area (Å²) in [5.74, 6) is 1.99. The smallest absolute Gasteiger partial charge is 0.193 e. The van der Waals surface area contributed by atoms with E-state index >= 15 is 0 Å². The largest absolute Gasteiger partial charge is 0.497 e. The molecule has 0 bridgehead atoms. The van der Waals surface area contributed by atoms with Crippen LogP contribution in [0.2, 0.25) is 0 Å². The second kappa shape index (κ2) is 9.78. The van der Waals surface area contributed by atoms with E-state index in [9.17, 15) is 4.79 Å². The minimum absolute atomic E-state index is 0.0703. The van der Waals surface area contributed by atoms with E-state index in [1.807, 2.05) is 30.3 Å². The Balaban J connectivity index is 1.40. The van der Waals surface area contributed by atoms with Gasteiger partial charge in [-0.2, -0.15) is 0 Å². The number of morpholine rings is 1. The zero-order valence-electron chi connectivity index (χ0n) is 17.3. The number of unbranched alkanes of at least 4 members (excludes halogenated alkanes) is 1. The molecule has 1 aromatic heterocycles. The van der Waals surface area contributed by atoms with Crippen LogP contribution in [0.3, 0.4) is 0 Å². The third-order valence-corrected chi connectivity index (χ3v) is 5.32. The molecule has 0 spiro atoms. The highest BCUT2D eigenvalue weighted by Gasteiger charge is 2.10. The number of benzene rings is 2. The lowest BCUT2D eigenvalue weighted by Crippen LogP contribution is -2.36. The lowest BCUT2D eigenvalue weighted by molar-refractivity contribution is 0.0368. The van der Waals surface area contributed by atoms with Gasteiger partial charge in [0.2, 0.25) is 0 Å². The molecule has 1 aliphatic heterocycles.